The summed E-state index contributed by atoms with van der Waals surface area (Å²) in [7, 11) is 0. The monoisotopic (exact) mass is 380 g/mol. The van der Waals surface area contributed by atoms with Gasteiger partial charge in [-0.25, -0.2) is 0 Å². The quantitative estimate of drug-likeness (QED) is 0.508. The third-order valence-corrected chi connectivity index (χ3v) is 4.85. The van der Waals surface area contributed by atoms with Gasteiger partial charge in [-0.1, -0.05) is 48.1 Å². The van der Waals surface area contributed by atoms with Crippen LogP contribution in [0.4, 0.5) is 0 Å². The predicted molar refractivity (Wildman–Crippen MR) is 99.5 cm³/mol. The van der Waals surface area contributed by atoms with Crippen molar-refractivity contribution in [3.8, 4) is 22.8 Å². The third-order valence-electron chi connectivity index (χ3n) is 3.95. The van der Waals surface area contributed by atoms with Crippen LogP contribution in [0.15, 0.2) is 58.2 Å². The van der Waals surface area contributed by atoms with E-state index in [4.69, 9.17) is 4.52 Å². The first kappa shape index (κ1) is 17.2. The van der Waals surface area contributed by atoms with E-state index in [2.05, 4.69) is 44.7 Å². The van der Waals surface area contributed by atoms with Crippen LogP contribution < -0.4 is 0 Å². The molecule has 0 spiro atoms. The predicted octanol–water partition coefficient (Wildman–Crippen LogP) is 3.27. The normalized spacial score (nSPS) is 11.0. The second-order valence-corrected chi connectivity index (χ2v) is 6.68. The van der Waals surface area contributed by atoms with Gasteiger partial charge in [-0.15, -0.1) is 5.10 Å². The van der Waals surface area contributed by atoms with Gasteiger partial charge in [0.15, 0.2) is 0 Å². The maximum absolute atomic E-state index is 9.41. The molecule has 0 fully saturated rings. The Morgan fingerprint density at radius 3 is 2.59 bits per heavy atom. The number of tetrazole rings is 1. The van der Waals surface area contributed by atoms with E-state index in [-0.39, 0.29) is 5.75 Å². The number of hydrogen-bond acceptors (Lipinski definition) is 8. The van der Waals surface area contributed by atoms with Crippen LogP contribution in [0, 0.1) is 0 Å². The molecule has 2 aromatic heterocycles. The van der Waals surface area contributed by atoms with Crippen molar-refractivity contribution in [2.24, 2.45) is 0 Å². The minimum atomic E-state index is 0.186. The van der Waals surface area contributed by atoms with Gasteiger partial charge in [-0.05, 0) is 46.7 Å². The SMILES string of the molecule is CCc1ccc(-c2noc(CSc3nnnn3-c3ccc(O)cc3)n2)cc1. The molecule has 2 heterocycles. The smallest absolute Gasteiger partial charge is 0.237 e. The van der Waals surface area contributed by atoms with Crippen molar-refractivity contribution in [3.05, 3.63) is 60.0 Å². The van der Waals surface area contributed by atoms with E-state index in [9.17, 15) is 5.11 Å². The van der Waals surface area contributed by atoms with Gasteiger partial charge in [0.25, 0.3) is 0 Å². The van der Waals surface area contributed by atoms with Gasteiger partial charge in [0.1, 0.15) is 5.75 Å². The van der Waals surface area contributed by atoms with Crippen LogP contribution in [0.5, 0.6) is 5.75 Å². The molecule has 27 heavy (non-hydrogen) atoms. The summed E-state index contributed by atoms with van der Waals surface area (Å²) in [6.07, 6.45) is 0.990. The Morgan fingerprint density at radius 1 is 1.07 bits per heavy atom. The van der Waals surface area contributed by atoms with Crippen molar-refractivity contribution in [2.45, 2.75) is 24.3 Å². The van der Waals surface area contributed by atoms with Crippen molar-refractivity contribution >= 4 is 11.8 Å². The fraction of sp³-hybridized carbons (Fsp3) is 0.167. The number of phenols is 1. The number of thioether (sulfide) groups is 1. The van der Waals surface area contributed by atoms with Gasteiger partial charge < -0.3 is 9.63 Å². The van der Waals surface area contributed by atoms with E-state index >= 15 is 0 Å². The number of aromatic hydroxyl groups is 1. The van der Waals surface area contributed by atoms with Crippen LogP contribution in [0.25, 0.3) is 17.1 Å². The molecule has 1 N–H and O–H groups in total. The number of aryl methyl sites for hydroxylation is 1. The van der Waals surface area contributed by atoms with Crippen molar-refractivity contribution in [3.63, 3.8) is 0 Å². The van der Waals surface area contributed by atoms with E-state index < -0.39 is 0 Å². The van der Waals surface area contributed by atoms with Gasteiger partial charge in [0.05, 0.1) is 11.4 Å². The molecule has 4 aromatic rings. The molecule has 0 aliphatic heterocycles. The molecule has 0 aliphatic rings. The van der Waals surface area contributed by atoms with Crippen LogP contribution in [0.1, 0.15) is 18.4 Å². The Balaban J connectivity index is 1.46. The average molecular weight is 380 g/mol. The van der Waals surface area contributed by atoms with E-state index in [0.717, 1.165) is 17.7 Å². The van der Waals surface area contributed by atoms with E-state index in [0.29, 0.717) is 22.6 Å². The van der Waals surface area contributed by atoms with Crippen LogP contribution in [-0.2, 0) is 12.2 Å². The first-order valence-electron chi connectivity index (χ1n) is 8.35. The van der Waals surface area contributed by atoms with E-state index in [1.165, 1.54) is 17.3 Å². The topological polar surface area (TPSA) is 103 Å². The second kappa shape index (κ2) is 7.58. The minimum absolute atomic E-state index is 0.186. The molecule has 9 heteroatoms. The van der Waals surface area contributed by atoms with Crippen molar-refractivity contribution in [1.29, 1.82) is 0 Å². The van der Waals surface area contributed by atoms with Crippen LogP contribution in [0.3, 0.4) is 0 Å². The highest BCUT2D eigenvalue weighted by atomic mass is 32.2. The van der Waals surface area contributed by atoms with E-state index in [1.807, 2.05) is 12.1 Å². The molecule has 0 atom stereocenters. The summed E-state index contributed by atoms with van der Waals surface area (Å²) in [6, 6.07) is 14.7. The Labute approximate surface area is 159 Å². The lowest BCUT2D eigenvalue weighted by molar-refractivity contribution is 0.391. The molecular weight excluding hydrogens is 364 g/mol. The van der Waals surface area contributed by atoms with Crippen molar-refractivity contribution in [2.75, 3.05) is 0 Å². The first-order valence-corrected chi connectivity index (χ1v) is 9.34. The maximum atomic E-state index is 9.41. The molecule has 0 saturated carbocycles. The summed E-state index contributed by atoms with van der Waals surface area (Å²) in [5.74, 6) is 1.69. The molecule has 0 unspecified atom stereocenters. The van der Waals surface area contributed by atoms with Crippen LogP contribution >= 0.6 is 11.8 Å². The lowest BCUT2D eigenvalue weighted by Gasteiger charge is -2.02. The Hall–Kier alpha value is -3.20. The van der Waals surface area contributed by atoms with Gasteiger partial charge in [0.2, 0.25) is 16.9 Å². The summed E-state index contributed by atoms with van der Waals surface area (Å²) in [5.41, 5.74) is 2.93. The largest absolute Gasteiger partial charge is 0.508 e. The highest BCUT2D eigenvalue weighted by molar-refractivity contribution is 7.98. The molecule has 2 aromatic carbocycles. The molecule has 8 nitrogen and oxygen atoms in total. The average Bonchev–Trinajstić information content (AvgIpc) is 3.36. The number of aromatic nitrogens is 6. The minimum Gasteiger partial charge on any atom is -0.508 e. The number of nitrogens with zero attached hydrogens (tertiary/aromatic N) is 6. The van der Waals surface area contributed by atoms with Gasteiger partial charge in [0, 0.05) is 5.56 Å². The number of rotatable bonds is 6. The van der Waals surface area contributed by atoms with E-state index in [1.54, 1.807) is 28.9 Å². The standard InChI is InChI=1S/C18H16N6O2S/c1-2-12-3-5-13(6-4-12)17-19-16(26-21-17)11-27-18-20-22-23-24(18)14-7-9-15(25)10-8-14/h3-10,25H,2,11H2,1H3. The maximum Gasteiger partial charge on any atom is 0.237 e. The fourth-order valence-corrected chi connectivity index (χ4v) is 3.20. The Morgan fingerprint density at radius 2 is 1.85 bits per heavy atom. The number of phenolic OH excluding ortho intramolecular Hbond substituents is 1. The Kier molecular flexibility index (Phi) is 4.84. The lowest BCUT2D eigenvalue weighted by atomic mass is 10.1. The zero-order chi connectivity index (χ0) is 18.6. The summed E-state index contributed by atoms with van der Waals surface area (Å²) in [6.45, 7) is 2.12. The summed E-state index contributed by atoms with van der Waals surface area (Å²) in [4.78, 5) is 4.44. The highest BCUT2D eigenvalue weighted by Crippen LogP contribution is 2.24. The third kappa shape index (κ3) is 3.82. The molecule has 4 rings (SSSR count). The molecule has 136 valence electrons. The van der Waals surface area contributed by atoms with Gasteiger partial charge >= 0.3 is 0 Å². The summed E-state index contributed by atoms with van der Waals surface area (Å²) < 4.78 is 6.93. The molecule has 0 aliphatic carbocycles. The Bertz CT molecular complexity index is 1030. The second-order valence-electron chi connectivity index (χ2n) is 5.74. The fourth-order valence-electron chi connectivity index (χ4n) is 2.47. The zero-order valence-corrected chi connectivity index (χ0v) is 15.3. The van der Waals surface area contributed by atoms with Gasteiger partial charge in [-0.2, -0.15) is 9.67 Å². The molecule has 0 bridgehead atoms. The van der Waals surface area contributed by atoms with Gasteiger partial charge in [-0.3, -0.25) is 0 Å². The summed E-state index contributed by atoms with van der Waals surface area (Å²) in [5, 5.41) is 25.8. The molecule has 0 amide bonds. The van der Waals surface area contributed by atoms with Crippen LogP contribution in [-0.4, -0.2) is 35.5 Å². The molecule has 0 radical (unpaired) electrons. The first-order chi connectivity index (χ1) is 13.2. The van der Waals surface area contributed by atoms with Crippen molar-refractivity contribution in [1.82, 2.24) is 30.3 Å². The number of benzene rings is 2. The molecular formula is C18H16N6O2S. The van der Waals surface area contributed by atoms with Crippen LogP contribution in [0.2, 0.25) is 0 Å². The lowest BCUT2D eigenvalue weighted by Crippen LogP contribution is -1.98. The van der Waals surface area contributed by atoms with Crippen molar-refractivity contribution < 1.29 is 9.63 Å². The number of hydrogen-bond donors (Lipinski definition) is 1. The molecule has 0 saturated heterocycles. The summed E-state index contributed by atoms with van der Waals surface area (Å²) >= 11 is 1.39. The highest BCUT2D eigenvalue weighted by Gasteiger charge is 2.13. The zero-order valence-electron chi connectivity index (χ0n) is 14.5.